The van der Waals surface area contributed by atoms with Gasteiger partial charge >= 0.3 is 0 Å². The van der Waals surface area contributed by atoms with Crippen LogP contribution in [-0.2, 0) is 6.61 Å². The average molecular weight is 359 g/mol. The molecule has 0 aliphatic carbocycles. The van der Waals surface area contributed by atoms with Crippen molar-refractivity contribution in [3.05, 3.63) is 76.3 Å². The highest BCUT2D eigenvalue weighted by atomic mass is 35.5. The van der Waals surface area contributed by atoms with Crippen LogP contribution in [0, 0.1) is 12.7 Å². The molecule has 5 nitrogen and oxygen atoms in total. The molecule has 0 aliphatic rings. The van der Waals surface area contributed by atoms with Gasteiger partial charge in [-0.2, -0.15) is 5.10 Å². The van der Waals surface area contributed by atoms with Crippen molar-refractivity contribution in [1.82, 2.24) is 9.66 Å². The fourth-order valence-electron chi connectivity index (χ4n) is 2.18. The number of hydrogen-bond donors (Lipinski definition) is 1. The second-order valence-electron chi connectivity index (χ2n) is 5.42. The molecule has 3 aromatic rings. The van der Waals surface area contributed by atoms with Gasteiger partial charge in [-0.05, 0) is 48.9 Å². The summed E-state index contributed by atoms with van der Waals surface area (Å²) >= 11 is 5.98. The third-order valence-corrected chi connectivity index (χ3v) is 3.81. The molecule has 128 valence electrons. The lowest BCUT2D eigenvalue weighted by atomic mass is 10.2. The van der Waals surface area contributed by atoms with Crippen LogP contribution in [0.2, 0.25) is 5.02 Å². The van der Waals surface area contributed by atoms with E-state index in [4.69, 9.17) is 22.1 Å². The molecule has 3 rings (SSSR count). The Morgan fingerprint density at radius 2 is 2.04 bits per heavy atom. The lowest BCUT2D eigenvalue weighted by Gasteiger charge is -2.08. The molecule has 7 heteroatoms. The van der Waals surface area contributed by atoms with E-state index in [1.165, 1.54) is 16.8 Å². The van der Waals surface area contributed by atoms with Crippen molar-refractivity contribution in [3.8, 4) is 5.75 Å². The van der Waals surface area contributed by atoms with E-state index in [0.29, 0.717) is 16.7 Å². The minimum absolute atomic E-state index is 0.261. The molecule has 1 heterocycles. The van der Waals surface area contributed by atoms with Crippen LogP contribution in [0.25, 0.3) is 0 Å². The van der Waals surface area contributed by atoms with Gasteiger partial charge in [0.25, 0.3) is 0 Å². The zero-order chi connectivity index (χ0) is 17.8. The summed E-state index contributed by atoms with van der Waals surface area (Å²) in [6.45, 7) is 2.11. The van der Waals surface area contributed by atoms with E-state index in [9.17, 15) is 4.39 Å². The van der Waals surface area contributed by atoms with Gasteiger partial charge in [0.05, 0.1) is 23.1 Å². The molecule has 0 fully saturated rings. The number of nitrogen functional groups attached to an aromatic ring is 1. The molecule has 0 saturated carbocycles. The molecule has 0 aliphatic heterocycles. The third kappa shape index (κ3) is 4.36. The Balaban J connectivity index is 1.63. The number of nitrogens with two attached hydrogens (primary N) is 1. The number of aromatic nitrogens is 2. The first kappa shape index (κ1) is 17.0. The zero-order valence-electron chi connectivity index (χ0n) is 13.5. The van der Waals surface area contributed by atoms with Gasteiger partial charge in [0, 0.05) is 5.56 Å². The van der Waals surface area contributed by atoms with E-state index >= 15 is 0 Å². The van der Waals surface area contributed by atoms with Gasteiger partial charge in [-0.15, -0.1) is 0 Å². The molecule has 0 unspecified atom stereocenters. The molecule has 2 aromatic carbocycles. The molecule has 0 amide bonds. The molecule has 0 spiro atoms. The largest absolute Gasteiger partial charge is 0.489 e. The van der Waals surface area contributed by atoms with Crippen molar-refractivity contribution in [2.45, 2.75) is 13.5 Å². The number of ether oxygens (including phenoxy) is 1. The Hall–Kier alpha value is -2.86. The van der Waals surface area contributed by atoms with Gasteiger partial charge < -0.3 is 10.5 Å². The highest BCUT2D eigenvalue weighted by molar-refractivity contribution is 6.31. The maximum absolute atomic E-state index is 13.0. The highest BCUT2D eigenvalue weighted by Crippen LogP contribution is 2.20. The summed E-state index contributed by atoms with van der Waals surface area (Å²) in [5.41, 5.74) is 8.14. The second-order valence-corrected chi connectivity index (χ2v) is 5.83. The molecule has 0 bridgehead atoms. The van der Waals surface area contributed by atoms with Crippen LogP contribution >= 0.6 is 11.6 Å². The van der Waals surface area contributed by atoms with Gasteiger partial charge in [-0.1, -0.05) is 17.7 Å². The maximum atomic E-state index is 13.0. The van der Waals surface area contributed by atoms with E-state index in [-0.39, 0.29) is 12.4 Å². The van der Waals surface area contributed by atoms with Crippen LogP contribution < -0.4 is 10.5 Å². The lowest BCUT2D eigenvalue weighted by Crippen LogP contribution is -1.98. The number of rotatable bonds is 5. The quantitative estimate of drug-likeness (QED) is 0.700. The first-order chi connectivity index (χ1) is 12.0. The first-order valence-corrected chi connectivity index (χ1v) is 7.91. The van der Waals surface area contributed by atoms with E-state index in [1.54, 1.807) is 18.5 Å². The molecule has 0 atom stereocenters. The van der Waals surface area contributed by atoms with Crippen LogP contribution in [0.3, 0.4) is 0 Å². The molecule has 2 N–H and O–H groups in total. The Morgan fingerprint density at radius 1 is 1.28 bits per heavy atom. The highest BCUT2D eigenvalue weighted by Gasteiger charge is 2.03. The smallest absolute Gasteiger partial charge is 0.221 e. The zero-order valence-corrected chi connectivity index (χ0v) is 14.2. The monoisotopic (exact) mass is 358 g/mol. The Labute approximate surface area is 149 Å². The Morgan fingerprint density at radius 3 is 2.68 bits per heavy atom. The molecule has 0 saturated heterocycles. The van der Waals surface area contributed by atoms with E-state index in [0.717, 1.165) is 16.8 Å². The van der Waals surface area contributed by atoms with Gasteiger partial charge in [0.2, 0.25) is 5.95 Å². The van der Waals surface area contributed by atoms with Crippen molar-refractivity contribution in [2.75, 3.05) is 5.73 Å². The summed E-state index contributed by atoms with van der Waals surface area (Å²) in [7, 11) is 0. The van der Waals surface area contributed by atoms with E-state index < -0.39 is 0 Å². The summed E-state index contributed by atoms with van der Waals surface area (Å²) in [6, 6.07) is 11.6. The van der Waals surface area contributed by atoms with Crippen molar-refractivity contribution in [3.63, 3.8) is 0 Å². The van der Waals surface area contributed by atoms with E-state index in [2.05, 4.69) is 10.1 Å². The predicted molar refractivity (Wildman–Crippen MR) is 96.6 cm³/mol. The van der Waals surface area contributed by atoms with Crippen molar-refractivity contribution >= 4 is 23.8 Å². The maximum Gasteiger partial charge on any atom is 0.221 e. The van der Waals surface area contributed by atoms with Crippen LogP contribution in [0.5, 0.6) is 5.75 Å². The van der Waals surface area contributed by atoms with Crippen LogP contribution in [0.15, 0.2) is 53.8 Å². The van der Waals surface area contributed by atoms with Crippen LogP contribution in [0.1, 0.15) is 16.8 Å². The SMILES string of the molecule is Cc1cn(N=Cc2ccc(OCc3ccc(F)cc3Cl)cc2)c(N)n1. The van der Waals surface area contributed by atoms with Crippen LogP contribution in [0.4, 0.5) is 10.3 Å². The number of halogens is 2. The summed E-state index contributed by atoms with van der Waals surface area (Å²) < 4.78 is 20.2. The molecule has 25 heavy (non-hydrogen) atoms. The van der Waals surface area contributed by atoms with Gasteiger partial charge in [-0.3, -0.25) is 0 Å². The minimum atomic E-state index is -0.369. The Bertz CT molecular complexity index is 906. The summed E-state index contributed by atoms with van der Waals surface area (Å²) in [4.78, 5) is 4.08. The number of hydrogen-bond acceptors (Lipinski definition) is 4. The third-order valence-electron chi connectivity index (χ3n) is 3.46. The molecule has 1 aromatic heterocycles. The number of anilines is 1. The number of imidazole rings is 1. The summed E-state index contributed by atoms with van der Waals surface area (Å²) in [5, 5.41) is 4.59. The number of benzene rings is 2. The fourth-order valence-corrected chi connectivity index (χ4v) is 2.40. The minimum Gasteiger partial charge on any atom is -0.489 e. The van der Waals surface area contributed by atoms with Crippen LogP contribution in [-0.4, -0.2) is 15.9 Å². The second kappa shape index (κ2) is 7.36. The summed E-state index contributed by atoms with van der Waals surface area (Å²) in [5.74, 6) is 0.645. The van der Waals surface area contributed by atoms with Crippen molar-refractivity contribution < 1.29 is 9.13 Å². The topological polar surface area (TPSA) is 65.4 Å². The standard InChI is InChI=1S/C18H16ClFN4O/c1-12-10-24(18(21)23-12)22-9-13-2-6-16(7-3-13)25-11-14-4-5-15(20)8-17(14)19/h2-10H,11H2,1H3,(H2,21,23). The van der Waals surface area contributed by atoms with Gasteiger partial charge in [0.15, 0.2) is 0 Å². The molecule has 0 radical (unpaired) electrons. The lowest BCUT2D eigenvalue weighted by molar-refractivity contribution is 0.306. The van der Waals surface area contributed by atoms with Crippen molar-refractivity contribution in [2.24, 2.45) is 5.10 Å². The normalized spacial score (nSPS) is 11.2. The average Bonchev–Trinajstić information content (AvgIpc) is 2.91. The first-order valence-electron chi connectivity index (χ1n) is 7.54. The predicted octanol–water partition coefficient (Wildman–Crippen LogP) is 4.03. The van der Waals surface area contributed by atoms with Crippen molar-refractivity contribution in [1.29, 1.82) is 0 Å². The summed E-state index contributed by atoms with van der Waals surface area (Å²) in [6.07, 6.45) is 3.42. The number of aryl methyl sites for hydroxylation is 1. The van der Waals surface area contributed by atoms with Gasteiger partial charge in [-0.25, -0.2) is 14.1 Å². The Kier molecular flexibility index (Phi) is 5.00. The van der Waals surface area contributed by atoms with E-state index in [1.807, 2.05) is 31.2 Å². The van der Waals surface area contributed by atoms with Gasteiger partial charge in [0.1, 0.15) is 18.2 Å². The fraction of sp³-hybridized carbons (Fsp3) is 0.111. The molecular formula is C18H16ClFN4O. The number of nitrogens with zero attached hydrogens (tertiary/aromatic N) is 3. The molecular weight excluding hydrogens is 343 g/mol.